The highest BCUT2D eigenvalue weighted by Crippen LogP contribution is 2.32. The highest BCUT2D eigenvalue weighted by Gasteiger charge is 2.32. The summed E-state index contributed by atoms with van der Waals surface area (Å²) in [4.78, 5) is 13.3. The summed E-state index contributed by atoms with van der Waals surface area (Å²) in [5, 5.41) is 0. The molecular weight excluding hydrogens is 485 g/mol. The lowest BCUT2D eigenvalue weighted by molar-refractivity contribution is -0.274. The minimum absolute atomic E-state index is 0.0355. The standard InChI is InChI=1S/C24H25F3N2O5S/c1-23(2,3)34-22(30)28(4)16-18-13-14-29(21(18)17-9-6-5-7-10-17)35(31,32)20-12-8-11-19(15-20)33-24(25,26)27/h5-15H,16H2,1-4H3/i6D. The molecule has 0 unspecified atom stereocenters. The molecule has 0 radical (unpaired) electrons. The average Bonchev–Trinajstić information content (AvgIpc) is 3.16. The third-order valence-corrected chi connectivity index (χ3v) is 6.30. The Bertz CT molecular complexity index is 1360. The Balaban J connectivity index is 2.09. The van der Waals surface area contributed by atoms with E-state index in [0.29, 0.717) is 11.1 Å². The third-order valence-electron chi connectivity index (χ3n) is 4.62. The summed E-state index contributed by atoms with van der Waals surface area (Å²) >= 11 is 0. The zero-order valence-electron chi connectivity index (χ0n) is 20.5. The number of halogens is 3. The van der Waals surface area contributed by atoms with Crippen LogP contribution in [-0.4, -0.2) is 42.4 Å². The molecule has 0 saturated heterocycles. The van der Waals surface area contributed by atoms with E-state index in [9.17, 15) is 26.4 Å². The van der Waals surface area contributed by atoms with Crippen molar-refractivity contribution in [2.75, 3.05) is 7.05 Å². The van der Waals surface area contributed by atoms with Crippen molar-refractivity contribution < 1.29 is 37.2 Å². The van der Waals surface area contributed by atoms with Crippen LogP contribution >= 0.6 is 0 Å². The number of carbonyl (C=O) groups excluding carboxylic acids is 1. The van der Waals surface area contributed by atoms with Crippen molar-refractivity contribution in [2.45, 2.75) is 44.2 Å². The van der Waals surface area contributed by atoms with Crippen molar-refractivity contribution in [1.82, 2.24) is 8.87 Å². The molecule has 11 heteroatoms. The van der Waals surface area contributed by atoms with Crippen LogP contribution in [0.15, 0.2) is 71.7 Å². The highest BCUT2D eigenvalue weighted by molar-refractivity contribution is 7.90. The summed E-state index contributed by atoms with van der Waals surface area (Å²) in [7, 11) is -2.91. The van der Waals surface area contributed by atoms with Crippen LogP contribution in [0.25, 0.3) is 11.3 Å². The summed E-state index contributed by atoms with van der Waals surface area (Å²) in [5.41, 5.74) is 0.195. The van der Waals surface area contributed by atoms with E-state index in [-0.39, 0.29) is 18.3 Å². The number of carbonyl (C=O) groups is 1. The molecule has 0 aliphatic rings. The summed E-state index contributed by atoms with van der Waals surface area (Å²) in [6.45, 7) is 5.10. The van der Waals surface area contributed by atoms with E-state index in [1.54, 1.807) is 32.9 Å². The number of aromatic nitrogens is 1. The van der Waals surface area contributed by atoms with Gasteiger partial charge < -0.3 is 14.4 Å². The Hall–Kier alpha value is -3.47. The topological polar surface area (TPSA) is 77.8 Å². The molecular formula is C24H25F3N2O5S. The lowest BCUT2D eigenvalue weighted by Gasteiger charge is -2.25. The second-order valence-electron chi connectivity index (χ2n) is 8.64. The first-order valence-electron chi connectivity index (χ1n) is 10.9. The van der Waals surface area contributed by atoms with Gasteiger partial charge in [-0.05, 0) is 50.1 Å². The van der Waals surface area contributed by atoms with E-state index in [1.807, 2.05) is 0 Å². The first-order valence-corrected chi connectivity index (χ1v) is 11.8. The maximum atomic E-state index is 13.5. The average molecular weight is 512 g/mol. The van der Waals surface area contributed by atoms with Gasteiger partial charge in [-0.25, -0.2) is 17.2 Å². The second kappa shape index (κ2) is 9.65. The molecule has 0 bridgehead atoms. The minimum Gasteiger partial charge on any atom is -0.444 e. The van der Waals surface area contributed by atoms with Gasteiger partial charge >= 0.3 is 12.5 Å². The molecule has 3 aromatic rings. The van der Waals surface area contributed by atoms with Crippen LogP contribution in [0.3, 0.4) is 0 Å². The molecule has 35 heavy (non-hydrogen) atoms. The SMILES string of the molecule is [2H]c1cccc(-c2c(CN(C)C(=O)OC(C)(C)C)ccn2S(=O)(=O)c2cccc(OC(F)(F)F)c2)c1. The molecule has 0 fully saturated rings. The van der Waals surface area contributed by atoms with Crippen molar-refractivity contribution in [3.05, 3.63) is 72.4 Å². The molecule has 0 spiro atoms. The van der Waals surface area contributed by atoms with Gasteiger partial charge in [0.1, 0.15) is 11.4 Å². The molecule has 1 amide bonds. The molecule has 188 valence electrons. The summed E-state index contributed by atoms with van der Waals surface area (Å²) in [6, 6.07) is 11.8. The number of nitrogens with zero attached hydrogens (tertiary/aromatic N) is 2. The fourth-order valence-electron chi connectivity index (χ4n) is 3.24. The van der Waals surface area contributed by atoms with E-state index >= 15 is 0 Å². The Morgan fingerprint density at radius 2 is 1.80 bits per heavy atom. The lowest BCUT2D eigenvalue weighted by Crippen LogP contribution is -2.33. The zero-order valence-corrected chi connectivity index (χ0v) is 20.3. The van der Waals surface area contributed by atoms with Crippen LogP contribution < -0.4 is 4.74 Å². The van der Waals surface area contributed by atoms with Crippen LogP contribution in [0.1, 0.15) is 27.7 Å². The van der Waals surface area contributed by atoms with E-state index in [1.165, 1.54) is 36.3 Å². The van der Waals surface area contributed by atoms with Gasteiger partial charge in [0, 0.05) is 19.3 Å². The number of hydrogen-bond acceptors (Lipinski definition) is 5. The summed E-state index contributed by atoms with van der Waals surface area (Å²) in [6.07, 6.45) is -4.37. The van der Waals surface area contributed by atoms with Gasteiger partial charge in [-0.2, -0.15) is 0 Å². The Morgan fingerprint density at radius 3 is 2.43 bits per heavy atom. The quantitative estimate of drug-likeness (QED) is 0.427. The molecule has 0 aliphatic carbocycles. The van der Waals surface area contributed by atoms with Crippen LogP contribution in [0.2, 0.25) is 0 Å². The predicted octanol–water partition coefficient (Wildman–Crippen LogP) is 5.66. The van der Waals surface area contributed by atoms with Crippen molar-refractivity contribution in [1.29, 1.82) is 0 Å². The van der Waals surface area contributed by atoms with Crippen LogP contribution in [0, 0.1) is 0 Å². The maximum Gasteiger partial charge on any atom is 0.573 e. The molecule has 3 rings (SSSR count). The largest absolute Gasteiger partial charge is 0.573 e. The van der Waals surface area contributed by atoms with E-state index < -0.39 is 38.7 Å². The first kappa shape index (κ1) is 24.6. The summed E-state index contributed by atoms with van der Waals surface area (Å²) in [5.74, 6) is -0.685. The molecule has 0 aliphatic heterocycles. The fraction of sp³-hybridized carbons (Fsp3) is 0.292. The number of amides is 1. The van der Waals surface area contributed by atoms with Gasteiger partial charge in [-0.3, -0.25) is 0 Å². The smallest absolute Gasteiger partial charge is 0.444 e. The molecule has 0 saturated carbocycles. The normalized spacial score (nSPS) is 12.7. The molecule has 7 nitrogen and oxygen atoms in total. The predicted molar refractivity (Wildman–Crippen MR) is 123 cm³/mol. The molecule has 2 aromatic carbocycles. The highest BCUT2D eigenvalue weighted by atomic mass is 32.2. The monoisotopic (exact) mass is 511 g/mol. The van der Waals surface area contributed by atoms with E-state index in [0.717, 1.165) is 28.2 Å². The third kappa shape index (κ3) is 6.56. The first-order chi connectivity index (χ1) is 16.6. The number of hydrogen-bond donors (Lipinski definition) is 0. The van der Waals surface area contributed by atoms with Crippen molar-refractivity contribution in [3.8, 4) is 17.0 Å². The summed E-state index contributed by atoms with van der Waals surface area (Å²) < 4.78 is 83.2. The van der Waals surface area contributed by atoms with Crippen molar-refractivity contribution in [2.24, 2.45) is 0 Å². The Morgan fingerprint density at radius 1 is 1.09 bits per heavy atom. The van der Waals surface area contributed by atoms with Gasteiger partial charge in [0.15, 0.2) is 0 Å². The number of alkyl halides is 3. The number of rotatable bonds is 6. The van der Waals surface area contributed by atoms with E-state index in [4.69, 9.17) is 6.11 Å². The van der Waals surface area contributed by atoms with E-state index in [2.05, 4.69) is 4.74 Å². The number of benzene rings is 2. The fourth-order valence-corrected chi connectivity index (χ4v) is 4.67. The van der Waals surface area contributed by atoms with Crippen LogP contribution in [-0.2, 0) is 21.3 Å². The minimum atomic E-state index is -4.99. The molecule has 0 N–H and O–H groups in total. The van der Waals surface area contributed by atoms with Crippen molar-refractivity contribution >= 4 is 16.1 Å². The van der Waals surface area contributed by atoms with Gasteiger partial charge in [0.05, 0.1) is 18.5 Å². The van der Waals surface area contributed by atoms with Crippen LogP contribution in [0.4, 0.5) is 18.0 Å². The number of ether oxygens (including phenoxy) is 2. The second-order valence-corrected chi connectivity index (χ2v) is 10.5. The Kier molecular flexibility index (Phi) is 6.79. The van der Waals surface area contributed by atoms with Gasteiger partial charge in [-0.15, -0.1) is 13.2 Å². The van der Waals surface area contributed by atoms with Crippen molar-refractivity contribution in [3.63, 3.8) is 0 Å². The Labute approximate surface area is 203 Å². The lowest BCUT2D eigenvalue weighted by atomic mass is 10.1. The van der Waals surface area contributed by atoms with Gasteiger partial charge in [-0.1, -0.05) is 36.4 Å². The zero-order chi connectivity index (χ0) is 26.9. The molecule has 1 heterocycles. The van der Waals surface area contributed by atoms with Gasteiger partial charge in [0.2, 0.25) is 0 Å². The maximum absolute atomic E-state index is 13.5. The molecule has 0 atom stereocenters. The molecule has 1 aromatic heterocycles. The van der Waals surface area contributed by atoms with Gasteiger partial charge in [0.25, 0.3) is 10.0 Å². The van der Waals surface area contributed by atoms with Crippen LogP contribution in [0.5, 0.6) is 5.75 Å².